The van der Waals surface area contributed by atoms with E-state index in [9.17, 15) is 14.7 Å². The average Bonchev–Trinajstić information content (AvgIpc) is 3.33. The first-order valence-electron chi connectivity index (χ1n) is 12.0. The molecular formula is C27H28N6O3. The van der Waals surface area contributed by atoms with Gasteiger partial charge in [-0.25, -0.2) is 4.98 Å². The van der Waals surface area contributed by atoms with Crippen molar-refractivity contribution in [1.82, 2.24) is 24.5 Å². The van der Waals surface area contributed by atoms with Crippen LogP contribution in [0.3, 0.4) is 0 Å². The second-order valence-corrected chi connectivity index (χ2v) is 9.18. The Bertz CT molecular complexity index is 1420. The van der Waals surface area contributed by atoms with Gasteiger partial charge in [-0.15, -0.1) is 0 Å². The fourth-order valence-electron chi connectivity index (χ4n) is 4.86. The van der Waals surface area contributed by atoms with E-state index in [-0.39, 0.29) is 23.4 Å². The number of aliphatic hydroxyl groups excluding tert-OH is 1. The lowest BCUT2D eigenvalue weighted by Gasteiger charge is -2.33. The summed E-state index contributed by atoms with van der Waals surface area (Å²) in [7, 11) is 0. The van der Waals surface area contributed by atoms with Crippen molar-refractivity contribution in [2.75, 3.05) is 18.8 Å². The molecule has 9 heteroatoms. The lowest BCUT2D eigenvalue weighted by molar-refractivity contribution is -0.140. The van der Waals surface area contributed by atoms with Crippen LogP contribution >= 0.6 is 0 Å². The van der Waals surface area contributed by atoms with Crippen molar-refractivity contribution in [2.24, 2.45) is 0 Å². The molecule has 1 aromatic carbocycles. The smallest absolute Gasteiger partial charge is 0.251 e. The Kier molecular flexibility index (Phi) is 6.24. The minimum Gasteiger partial charge on any atom is -0.384 e. The summed E-state index contributed by atoms with van der Waals surface area (Å²) >= 11 is 0. The summed E-state index contributed by atoms with van der Waals surface area (Å²) in [5.41, 5.74) is 11.5. The molecule has 1 fully saturated rings. The Balaban J connectivity index is 1.52. The molecule has 0 saturated carbocycles. The zero-order chi connectivity index (χ0) is 25.4. The zero-order valence-electron chi connectivity index (χ0n) is 20.3. The van der Waals surface area contributed by atoms with Crippen molar-refractivity contribution in [2.45, 2.75) is 38.7 Å². The number of carbonyl (C=O) groups excluding carboxylic acids is 2. The van der Waals surface area contributed by atoms with Gasteiger partial charge in [-0.3, -0.25) is 14.6 Å². The number of carbonyl (C=O) groups is 2. The van der Waals surface area contributed by atoms with Gasteiger partial charge in [-0.1, -0.05) is 36.4 Å². The van der Waals surface area contributed by atoms with Crippen LogP contribution in [-0.2, 0) is 4.79 Å². The predicted molar refractivity (Wildman–Crippen MR) is 136 cm³/mol. The van der Waals surface area contributed by atoms with Crippen molar-refractivity contribution in [3.05, 3.63) is 66.1 Å². The van der Waals surface area contributed by atoms with Crippen LogP contribution in [0.25, 0.3) is 28.0 Å². The molecule has 9 nitrogen and oxygen atoms in total. The molecule has 4 heterocycles. The number of nitrogen functional groups attached to an aromatic ring is 1. The number of Topliss-reactive ketones (excluding diaryl/α,β-unsaturated/α-hetero) is 1. The maximum absolute atomic E-state index is 12.6. The first-order chi connectivity index (χ1) is 17.3. The van der Waals surface area contributed by atoms with E-state index < -0.39 is 6.10 Å². The van der Waals surface area contributed by atoms with E-state index in [4.69, 9.17) is 10.7 Å². The quantitative estimate of drug-likeness (QED) is 0.416. The second kappa shape index (κ2) is 9.50. The van der Waals surface area contributed by atoms with E-state index in [2.05, 4.69) is 10.1 Å². The van der Waals surface area contributed by atoms with Crippen molar-refractivity contribution >= 4 is 23.2 Å². The highest BCUT2D eigenvalue weighted by molar-refractivity contribution is 6.00. The highest BCUT2D eigenvalue weighted by atomic mass is 16.3. The fourth-order valence-corrected chi connectivity index (χ4v) is 4.86. The molecule has 1 atom stereocenters. The number of hydrogen-bond acceptors (Lipinski definition) is 7. The number of rotatable bonds is 5. The molecule has 3 aromatic heterocycles. The number of amides is 1. The first-order valence-corrected chi connectivity index (χ1v) is 12.0. The number of benzene rings is 1. The molecule has 0 unspecified atom stereocenters. The molecule has 0 bridgehead atoms. The largest absolute Gasteiger partial charge is 0.384 e. The van der Waals surface area contributed by atoms with Crippen molar-refractivity contribution in [1.29, 1.82) is 0 Å². The van der Waals surface area contributed by atoms with Gasteiger partial charge in [0.25, 0.3) is 5.91 Å². The molecule has 3 N–H and O–H groups in total. The summed E-state index contributed by atoms with van der Waals surface area (Å²) in [5, 5.41) is 14.1. The number of nitrogens with two attached hydrogens (primary N) is 1. The fraction of sp³-hybridized carbons (Fsp3) is 0.296. The van der Waals surface area contributed by atoms with Crippen LogP contribution in [-0.4, -0.2) is 60.5 Å². The number of hydrogen-bond donors (Lipinski definition) is 2. The second-order valence-electron chi connectivity index (χ2n) is 9.18. The summed E-state index contributed by atoms with van der Waals surface area (Å²) in [6, 6.07) is 13.9. The molecule has 5 rings (SSSR count). The highest BCUT2D eigenvalue weighted by Gasteiger charge is 2.31. The van der Waals surface area contributed by atoms with Gasteiger partial charge >= 0.3 is 0 Å². The number of ketones is 1. The number of nitrogens with zero attached hydrogens (tertiary/aromatic N) is 5. The monoisotopic (exact) mass is 484 g/mol. The van der Waals surface area contributed by atoms with E-state index in [1.165, 1.54) is 18.4 Å². The molecule has 1 saturated heterocycles. The molecule has 0 aliphatic carbocycles. The molecule has 1 amide bonds. The molecule has 0 radical (unpaired) electrons. The Morgan fingerprint density at radius 3 is 2.39 bits per heavy atom. The van der Waals surface area contributed by atoms with Crippen LogP contribution in [0.15, 0.2) is 54.9 Å². The van der Waals surface area contributed by atoms with Gasteiger partial charge in [0.05, 0.1) is 23.1 Å². The van der Waals surface area contributed by atoms with Crippen molar-refractivity contribution in [3.8, 4) is 22.4 Å². The Morgan fingerprint density at radius 2 is 1.78 bits per heavy atom. The molecule has 36 heavy (non-hydrogen) atoms. The standard InChI is InChI=1S/C27H28N6O3/c1-16(34)23-24(19-10-12-32(13-11-19)27(36)17(2)35)31-26-21(15-30-33(26)25(23)28)20-8-9-22(29-14-20)18-6-4-3-5-7-18/h3-9,14-15,17,19,35H,10-13,28H2,1-2H3/t17-/m1/s1. The molecule has 1 aliphatic heterocycles. The first kappa shape index (κ1) is 23.6. The minimum atomic E-state index is -1.03. The molecule has 184 valence electrons. The third-order valence-corrected chi connectivity index (χ3v) is 6.76. The van der Waals surface area contributed by atoms with Gasteiger partial charge in [-0.2, -0.15) is 9.61 Å². The topological polar surface area (TPSA) is 127 Å². The van der Waals surface area contributed by atoms with Crippen molar-refractivity contribution < 1.29 is 14.7 Å². The van der Waals surface area contributed by atoms with Crippen LogP contribution in [0.4, 0.5) is 5.82 Å². The number of aromatic nitrogens is 4. The third-order valence-electron chi connectivity index (χ3n) is 6.76. The molecule has 4 aromatic rings. The highest BCUT2D eigenvalue weighted by Crippen LogP contribution is 2.35. The van der Waals surface area contributed by atoms with Gasteiger partial charge in [0.15, 0.2) is 11.4 Å². The van der Waals surface area contributed by atoms with E-state index in [1.54, 1.807) is 17.3 Å². The molecular weight excluding hydrogens is 456 g/mol. The van der Waals surface area contributed by atoms with E-state index in [0.29, 0.717) is 42.8 Å². The SMILES string of the molecule is CC(=O)c1c(C2CCN(C(=O)[C@@H](C)O)CC2)nc2c(-c3ccc(-c4ccccc4)nc3)cnn2c1N. The van der Waals surface area contributed by atoms with E-state index in [1.807, 2.05) is 42.5 Å². The summed E-state index contributed by atoms with van der Waals surface area (Å²) in [5.74, 6) is -0.251. The van der Waals surface area contributed by atoms with Crippen LogP contribution in [0.5, 0.6) is 0 Å². The minimum absolute atomic E-state index is 0.0458. The van der Waals surface area contributed by atoms with Gasteiger partial charge in [0, 0.05) is 41.9 Å². The van der Waals surface area contributed by atoms with Gasteiger partial charge in [0.1, 0.15) is 11.9 Å². The van der Waals surface area contributed by atoms with Crippen LogP contribution in [0.2, 0.25) is 0 Å². The van der Waals surface area contributed by atoms with Gasteiger partial charge in [0.2, 0.25) is 0 Å². The number of pyridine rings is 1. The average molecular weight is 485 g/mol. The number of anilines is 1. The number of likely N-dealkylation sites (tertiary alicyclic amines) is 1. The summed E-state index contributed by atoms with van der Waals surface area (Å²) in [4.78, 5) is 36.0. The van der Waals surface area contributed by atoms with Gasteiger partial charge < -0.3 is 15.7 Å². The summed E-state index contributed by atoms with van der Waals surface area (Å²) in [6.07, 6.45) is 3.69. The summed E-state index contributed by atoms with van der Waals surface area (Å²) in [6.45, 7) is 3.91. The lowest BCUT2D eigenvalue weighted by Crippen LogP contribution is -2.42. The number of aliphatic hydroxyl groups is 1. The molecule has 0 spiro atoms. The maximum Gasteiger partial charge on any atom is 0.251 e. The van der Waals surface area contributed by atoms with Crippen LogP contribution in [0, 0.1) is 0 Å². The zero-order valence-corrected chi connectivity index (χ0v) is 20.3. The normalized spacial score (nSPS) is 15.2. The van der Waals surface area contributed by atoms with E-state index >= 15 is 0 Å². The predicted octanol–water partition coefficient (Wildman–Crippen LogP) is 3.33. The third kappa shape index (κ3) is 4.22. The maximum atomic E-state index is 12.6. The Morgan fingerprint density at radius 1 is 1.06 bits per heavy atom. The summed E-state index contributed by atoms with van der Waals surface area (Å²) < 4.78 is 1.51. The molecule has 1 aliphatic rings. The number of piperidine rings is 1. The number of fused-ring (bicyclic) bond motifs is 1. The Hall–Kier alpha value is -4.11. The van der Waals surface area contributed by atoms with Crippen molar-refractivity contribution in [3.63, 3.8) is 0 Å². The van der Waals surface area contributed by atoms with Gasteiger partial charge in [-0.05, 0) is 32.8 Å². The van der Waals surface area contributed by atoms with Crippen LogP contribution < -0.4 is 5.73 Å². The Labute approximate surface area is 208 Å². The van der Waals surface area contributed by atoms with E-state index in [0.717, 1.165) is 22.4 Å². The lowest BCUT2D eigenvalue weighted by atomic mass is 9.89. The van der Waals surface area contributed by atoms with Crippen LogP contribution in [0.1, 0.15) is 48.7 Å².